The van der Waals surface area contributed by atoms with Crippen LogP contribution in [0.4, 0.5) is 13.6 Å². The Kier molecular flexibility index (Phi) is 6.12. The van der Waals surface area contributed by atoms with Crippen molar-refractivity contribution < 1.29 is 27.8 Å². The molecular weight excluding hydrogens is 406 g/mol. The first kappa shape index (κ1) is 21.1. The maximum Gasteiger partial charge on any atom is 0.410 e. The predicted octanol–water partition coefficient (Wildman–Crippen LogP) is 4.59. The Morgan fingerprint density at radius 3 is 2.48 bits per heavy atom. The largest absolute Gasteiger partial charge is 0.486 e. The summed E-state index contributed by atoms with van der Waals surface area (Å²) in [5, 5.41) is 0.0956. The summed E-state index contributed by atoms with van der Waals surface area (Å²) in [6, 6.07) is 4.67. The summed E-state index contributed by atoms with van der Waals surface area (Å²) >= 11 is 6.03. The molecule has 6 nitrogen and oxygen atoms in total. The molecule has 1 aromatic heterocycles. The Morgan fingerprint density at radius 1 is 1.21 bits per heavy atom. The van der Waals surface area contributed by atoms with Crippen LogP contribution < -0.4 is 9.47 Å². The fourth-order valence-corrected chi connectivity index (χ4v) is 2.77. The molecule has 29 heavy (non-hydrogen) atoms. The van der Waals surface area contributed by atoms with Crippen LogP contribution in [0.3, 0.4) is 0 Å². The number of nitrogens with zero attached hydrogens (tertiary/aromatic N) is 2. The molecule has 1 fully saturated rings. The number of aromatic nitrogens is 1. The van der Waals surface area contributed by atoms with E-state index in [-0.39, 0.29) is 23.6 Å². The molecule has 0 radical (unpaired) electrons. The van der Waals surface area contributed by atoms with Crippen LogP contribution >= 0.6 is 11.6 Å². The lowest BCUT2D eigenvalue weighted by atomic mass is 10.1. The summed E-state index contributed by atoms with van der Waals surface area (Å²) in [6.45, 7) is 6.09. The molecule has 0 saturated carbocycles. The van der Waals surface area contributed by atoms with E-state index in [2.05, 4.69) is 4.98 Å². The number of ether oxygens (including phenoxy) is 3. The van der Waals surface area contributed by atoms with Crippen molar-refractivity contribution in [1.29, 1.82) is 0 Å². The number of likely N-dealkylation sites (tertiary alicyclic amines) is 1. The standard InChI is InChI=1S/C20H21ClF2N2O4/c1-20(2,3)29-19(26)25-9-16(10-25)28-15-7-17(18(21)24-8-15)27-11-12-4-13(22)6-14(23)5-12/h4-8,16H,9-11H2,1-3H3. The van der Waals surface area contributed by atoms with Crippen molar-refractivity contribution in [2.24, 2.45) is 0 Å². The molecule has 0 N–H and O–H groups in total. The van der Waals surface area contributed by atoms with Crippen LogP contribution in [0.1, 0.15) is 26.3 Å². The smallest absolute Gasteiger partial charge is 0.410 e. The lowest BCUT2D eigenvalue weighted by molar-refractivity contribution is -0.0222. The molecule has 0 bridgehead atoms. The van der Waals surface area contributed by atoms with Gasteiger partial charge in [-0.1, -0.05) is 11.6 Å². The van der Waals surface area contributed by atoms with Crippen molar-refractivity contribution >= 4 is 17.7 Å². The zero-order valence-corrected chi connectivity index (χ0v) is 17.0. The summed E-state index contributed by atoms with van der Waals surface area (Å²) < 4.78 is 43.1. The van der Waals surface area contributed by atoms with Crippen molar-refractivity contribution in [2.75, 3.05) is 13.1 Å². The highest BCUT2D eigenvalue weighted by atomic mass is 35.5. The van der Waals surface area contributed by atoms with Crippen LogP contribution in [0.2, 0.25) is 5.15 Å². The van der Waals surface area contributed by atoms with Crippen LogP contribution in [-0.2, 0) is 11.3 Å². The van der Waals surface area contributed by atoms with E-state index in [0.29, 0.717) is 24.4 Å². The summed E-state index contributed by atoms with van der Waals surface area (Å²) in [7, 11) is 0. The molecular formula is C20H21ClF2N2O4. The van der Waals surface area contributed by atoms with Crippen LogP contribution in [0.5, 0.6) is 11.5 Å². The highest BCUT2D eigenvalue weighted by molar-refractivity contribution is 6.30. The normalized spacial score (nSPS) is 14.3. The second-order valence-electron chi connectivity index (χ2n) is 7.65. The number of pyridine rings is 1. The number of halogens is 3. The number of rotatable bonds is 5. The Balaban J connectivity index is 1.55. The van der Waals surface area contributed by atoms with Gasteiger partial charge in [0.2, 0.25) is 0 Å². The number of benzene rings is 1. The predicted molar refractivity (Wildman–Crippen MR) is 102 cm³/mol. The Labute approximate surface area is 172 Å². The SMILES string of the molecule is CC(C)(C)OC(=O)N1CC(Oc2cnc(Cl)c(OCc3cc(F)cc(F)c3)c2)C1. The van der Waals surface area contributed by atoms with E-state index in [0.717, 1.165) is 6.07 Å². The molecule has 2 aromatic rings. The van der Waals surface area contributed by atoms with Gasteiger partial charge in [-0.05, 0) is 38.5 Å². The van der Waals surface area contributed by atoms with Gasteiger partial charge in [0.25, 0.3) is 0 Å². The number of carbonyl (C=O) groups is 1. The molecule has 2 heterocycles. The van der Waals surface area contributed by atoms with Crippen molar-refractivity contribution in [1.82, 2.24) is 9.88 Å². The fraction of sp³-hybridized carbons (Fsp3) is 0.400. The van der Waals surface area contributed by atoms with Gasteiger partial charge < -0.3 is 19.1 Å². The van der Waals surface area contributed by atoms with Gasteiger partial charge in [0, 0.05) is 12.1 Å². The van der Waals surface area contributed by atoms with Gasteiger partial charge in [-0.15, -0.1) is 0 Å². The Hall–Kier alpha value is -2.61. The lowest BCUT2D eigenvalue weighted by Crippen LogP contribution is -2.57. The maximum atomic E-state index is 13.3. The first-order chi connectivity index (χ1) is 13.6. The van der Waals surface area contributed by atoms with Gasteiger partial charge in [0.15, 0.2) is 10.9 Å². The molecule has 1 aliphatic rings. The van der Waals surface area contributed by atoms with Gasteiger partial charge in [-0.3, -0.25) is 0 Å². The van der Waals surface area contributed by atoms with E-state index in [9.17, 15) is 13.6 Å². The molecule has 9 heteroatoms. The Morgan fingerprint density at radius 2 is 1.86 bits per heavy atom. The monoisotopic (exact) mass is 426 g/mol. The Bertz CT molecular complexity index is 878. The van der Waals surface area contributed by atoms with Gasteiger partial charge in [-0.2, -0.15) is 0 Å². The highest BCUT2D eigenvalue weighted by Gasteiger charge is 2.35. The van der Waals surface area contributed by atoms with Crippen LogP contribution in [0, 0.1) is 11.6 Å². The third kappa shape index (κ3) is 5.93. The van der Waals surface area contributed by atoms with E-state index >= 15 is 0 Å². The van der Waals surface area contributed by atoms with Gasteiger partial charge in [0.05, 0.1) is 19.3 Å². The molecule has 156 valence electrons. The summed E-state index contributed by atoms with van der Waals surface area (Å²) in [5.74, 6) is -0.755. The van der Waals surface area contributed by atoms with Crippen molar-refractivity contribution in [3.8, 4) is 11.5 Å². The molecule has 0 atom stereocenters. The van der Waals surface area contributed by atoms with Crippen molar-refractivity contribution in [2.45, 2.75) is 39.1 Å². The van der Waals surface area contributed by atoms with E-state index in [4.69, 9.17) is 25.8 Å². The topological polar surface area (TPSA) is 60.9 Å². The molecule has 1 aromatic carbocycles. The molecule has 0 unspecified atom stereocenters. The molecule has 3 rings (SSSR count). The second kappa shape index (κ2) is 8.41. The maximum absolute atomic E-state index is 13.3. The third-order valence-electron chi connectivity index (χ3n) is 3.90. The summed E-state index contributed by atoms with van der Waals surface area (Å²) in [6.07, 6.45) is 0.835. The van der Waals surface area contributed by atoms with Gasteiger partial charge in [-0.25, -0.2) is 18.6 Å². The molecule has 1 amide bonds. The van der Waals surface area contributed by atoms with Crippen molar-refractivity contribution in [3.05, 3.63) is 52.8 Å². The summed E-state index contributed by atoms with van der Waals surface area (Å²) in [5.41, 5.74) is -0.239. The zero-order valence-electron chi connectivity index (χ0n) is 16.2. The average molecular weight is 427 g/mol. The number of hydrogen-bond donors (Lipinski definition) is 0. The fourth-order valence-electron chi connectivity index (χ4n) is 2.61. The van der Waals surface area contributed by atoms with E-state index in [1.54, 1.807) is 26.8 Å². The van der Waals surface area contributed by atoms with Crippen LogP contribution in [-0.4, -0.2) is 40.8 Å². The minimum absolute atomic E-state index is 0.0879. The third-order valence-corrected chi connectivity index (χ3v) is 4.18. The van der Waals surface area contributed by atoms with Crippen LogP contribution in [0.15, 0.2) is 30.5 Å². The van der Waals surface area contributed by atoms with E-state index in [1.165, 1.54) is 23.2 Å². The first-order valence-electron chi connectivity index (χ1n) is 8.97. The van der Waals surface area contributed by atoms with E-state index < -0.39 is 23.3 Å². The average Bonchev–Trinajstić information content (AvgIpc) is 2.55. The van der Waals surface area contributed by atoms with E-state index in [1.807, 2.05) is 0 Å². The minimum atomic E-state index is -0.690. The second-order valence-corrected chi connectivity index (χ2v) is 8.01. The molecule has 0 aliphatic carbocycles. The minimum Gasteiger partial charge on any atom is -0.486 e. The number of hydrogen-bond acceptors (Lipinski definition) is 5. The number of carbonyl (C=O) groups excluding carboxylic acids is 1. The van der Waals surface area contributed by atoms with Crippen molar-refractivity contribution in [3.63, 3.8) is 0 Å². The lowest BCUT2D eigenvalue weighted by Gasteiger charge is -2.39. The molecule has 0 spiro atoms. The molecule has 1 aliphatic heterocycles. The summed E-state index contributed by atoms with van der Waals surface area (Å²) in [4.78, 5) is 17.5. The van der Waals surface area contributed by atoms with Gasteiger partial charge >= 0.3 is 6.09 Å². The first-order valence-corrected chi connectivity index (χ1v) is 9.35. The van der Waals surface area contributed by atoms with Crippen LogP contribution in [0.25, 0.3) is 0 Å². The van der Waals surface area contributed by atoms with Gasteiger partial charge in [0.1, 0.15) is 35.7 Å². The molecule has 1 saturated heterocycles. The number of amides is 1. The quantitative estimate of drug-likeness (QED) is 0.654. The zero-order chi connectivity index (χ0) is 21.2. The highest BCUT2D eigenvalue weighted by Crippen LogP contribution is 2.29.